The minimum Gasteiger partial charge on any atom is -0.379 e. The van der Waals surface area contributed by atoms with Gasteiger partial charge in [0.1, 0.15) is 0 Å². The zero-order valence-corrected chi connectivity index (χ0v) is 9.28. The topological polar surface area (TPSA) is 38.5 Å². The molecule has 14 heavy (non-hydrogen) atoms. The molecule has 0 aromatic heterocycles. The van der Waals surface area contributed by atoms with Crippen LogP contribution in [-0.4, -0.2) is 42.8 Å². The number of hydrogen-bond donors (Lipinski definition) is 1. The van der Waals surface area contributed by atoms with Gasteiger partial charge in [0.2, 0.25) is 0 Å². The van der Waals surface area contributed by atoms with E-state index in [2.05, 4.69) is 18.7 Å². The predicted molar refractivity (Wildman–Crippen MR) is 57.1 cm³/mol. The van der Waals surface area contributed by atoms with Crippen molar-refractivity contribution in [2.75, 3.05) is 19.8 Å². The number of nitrogens with two attached hydrogens (primary N) is 1. The van der Waals surface area contributed by atoms with Gasteiger partial charge in [-0.15, -0.1) is 0 Å². The molecule has 0 saturated carbocycles. The van der Waals surface area contributed by atoms with E-state index in [4.69, 9.17) is 10.5 Å². The molecule has 0 amide bonds. The third-order valence-corrected chi connectivity index (χ3v) is 3.85. The molecule has 0 spiro atoms. The second kappa shape index (κ2) is 4.17. The van der Waals surface area contributed by atoms with Crippen LogP contribution in [0.3, 0.4) is 0 Å². The number of piperidine rings is 1. The minimum absolute atomic E-state index is 0.358. The first kappa shape index (κ1) is 10.4. The summed E-state index contributed by atoms with van der Waals surface area (Å²) in [6.07, 6.45) is 2.42. The van der Waals surface area contributed by atoms with Crippen LogP contribution >= 0.6 is 0 Å². The van der Waals surface area contributed by atoms with Crippen molar-refractivity contribution in [2.45, 2.75) is 44.8 Å². The van der Waals surface area contributed by atoms with Crippen molar-refractivity contribution >= 4 is 0 Å². The summed E-state index contributed by atoms with van der Waals surface area (Å²) in [5.74, 6) is 0.669. The largest absolute Gasteiger partial charge is 0.379 e. The van der Waals surface area contributed by atoms with Crippen molar-refractivity contribution in [1.29, 1.82) is 0 Å². The molecule has 2 aliphatic heterocycles. The molecule has 4 unspecified atom stereocenters. The maximum Gasteiger partial charge on any atom is 0.0625 e. The van der Waals surface area contributed by atoms with Crippen molar-refractivity contribution in [3.63, 3.8) is 0 Å². The van der Waals surface area contributed by atoms with E-state index in [1.54, 1.807) is 0 Å². The summed E-state index contributed by atoms with van der Waals surface area (Å²) in [7, 11) is 0. The van der Waals surface area contributed by atoms with Gasteiger partial charge in [0, 0.05) is 18.1 Å². The van der Waals surface area contributed by atoms with Crippen LogP contribution in [0.5, 0.6) is 0 Å². The van der Waals surface area contributed by atoms with E-state index in [1.165, 1.54) is 19.4 Å². The van der Waals surface area contributed by atoms with E-state index in [-0.39, 0.29) is 0 Å². The van der Waals surface area contributed by atoms with Crippen molar-refractivity contribution in [1.82, 2.24) is 4.90 Å². The Balaban J connectivity index is 2.01. The van der Waals surface area contributed by atoms with Gasteiger partial charge in [-0.3, -0.25) is 4.90 Å². The lowest BCUT2D eigenvalue weighted by atomic mass is 9.93. The Labute approximate surface area is 86.6 Å². The molecule has 2 aliphatic rings. The lowest BCUT2D eigenvalue weighted by molar-refractivity contribution is 0.0685. The molecule has 0 bridgehead atoms. The molecule has 3 nitrogen and oxygen atoms in total. The Bertz CT molecular complexity index is 198. The van der Waals surface area contributed by atoms with E-state index in [1.807, 2.05) is 0 Å². The van der Waals surface area contributed by atoms with E-state index in [9.17, 15) is 0 Å². The second-order valence-corrected chi connectivity index (χ2v) is 4.87. The van der Waals surface area contributed by atoms with Crippen LogP contribution in [0.1, 0.15) is 26.7 Å². The fourth-order valence-electron chi connectivity index (χ4n) is 2.74. The first-order valence-corrected chi connectivity index (χ1v) is 5.79. The molecule has 2 heterocycles. The Hall–Kier alpha value is -0.120. The quantitative estimate of drug-likeness (QED) is 0.678. The van der Waals surface area contributed by atoms with Crippen LogP contribution in [0.2, 0.25) is 0 Å². The van der Waals surface area contributed by atoms with Gasteiger partial charge < -0.3 is 10.5 Å². The molecule has 2 N–H and O–H groups in total. The van der Waals surface area contributed by atoms with E-state index < -0.39 is 0 Å². The summed E-state index contributed by atoms with van der Waals surface area (Å²) in [5.41, 5.74) is 6.10. The lowest BCUT2D eigenvalue weighted by Gasteiger charge is -2.42. The highest BCUT2D eigenvalue weighted by Gasteiger charge is 2.36. The molecule has 4 atom stereocenters. The number of rotatable bonds is 1. The number of hydrogen-bond acceptors (Lipinski definition) is 3. The number of nitrogens with zero attached hydrogens (tertiary/aromatic N) is 1. The fraction of sp³-hybridized carbons (Fsp3) is 1.00. The Morgan fingerprint density at radius 1 is 1.29 bits per heavy atom. The Morgan fingerprint density at radius 3 is 2.71 bits per heavy atom. The van der Waals surface area contributed by atoms with Gasteiger partial charge in [-0.1, -0.05) is 6.92 Å². The zero-order chi connectivity index (χ0) is 10.1. The first-order chi connectivity index (χ1) is 6.70. The van der Waals surface area contributed by atoms with E-state index in [0.29, 0.717) is 24.0 Å². The van der Waals surface area contributed by atoms with Gasteiger partial charge in [-0.25, -0.2) is 0 Å². The molecule has 0 aromatic carbocycles. The summed E-state index contributed by atoms with van der Waals surface area (Å²) in [6, 6.07) is 1.49. The van der Waals surface area contributed by atoms with Crippen molar-refractivity contribution < 1.29 is 4.74 Å². The Morgan fingerprint density at radius 2 is 2.07 bits per heavy atom. The van der Waals surface area contributed by atoms with Gasteiger partial charge >= 0.3 is 0 Å². The molecular formula is C11H22N2O. The number of likely N-dealkylation sites (tertiary alicyclic amines) is 1. The van der Waals surface area contributed by atoms with Crippen LogP contribution in [0.25, 0.3) is 0 Å². The van der Waals surface area contributed by atoms with Crippen LogP contribution in [-0.2, 0) is 4.74 Å². The smallest absolute Gasteiger partial charge is 0.0625 e. The SMILES string of the molecule is CC1COCC1N1CCCC(N)C1C. The maximum atomic E-state index is 6.10. The molecular weight excluding hydrogens is 176 g/mol. The summed E-state index contributed by atoms with van der Waals surface area (Å²) in [6.45, 7) is 7.56. The molecule has 3 heteroatoms. The monoisotopic (exact) mass is 198 g/mol. The lowest BCUT2D eigenvalue weighted by Crippen LogP contribution is -2.55. The van der Waals surface area contributed by atoms with Crippen molar-refractivity contribution in [2.24, 2.45) is 11.7 Å². The standard InChI is InChI=1S/C11H22N2O/c1-8-6-14-7-11(8)13-5-3-4-10(12)9(13)2/h8-11H,3-7,12H2,1-2H3. The average Bonchev–Trinajstić information content (AvgIpc) is 2.57. The highest BCUT2D eigenvalue weighted by molar-refractivity contribution is 4.91. The molecule has 82 valence electrons. The highest BCUT2D eigenvalue weighted by Crippen LogP contribution is 2.26. The molecule has 2 fully saturated rings. The summed E-state index contributed by atoms with van der Waals surface area (Å²) >= 11 is 0. The van der Waals surface area contributed by atoms with Crippen molar-refractivity contribution in [3.05, 3.63) is 0 Å². The van der Waals surface area contributed by atoms with Gasteiger partial charge in [-0.05, 0) is 32.2 Å². The van der Waals surface area contributed by atoms with Gasteiger partial charge in [0.15, 0.2) is 0 Å². The molecule has 2 saturated heterocycles. The van der Waals surface area contributed by atoms with Crippen LogP contribution < -0.4 is 5.73 Å². The fourth-order valence-corrected chi connectivity index (χ4v) is 2.74. The van der Waals surface area contributed by atoms with E-state index >= 15 is 0 Å². The average molecular weight is 198 g/mol. The second-order valence-electron chi connectivity index (χ2n) is 4.87. The van der Waals surface area contributed by atoms with Crippen LogP contribution in [0, 0.1) is 5.92 Å². The van der Waals surface area contributed by atoms with Crippen LogP contribution in [0.4, 0.5) is 0 Å². The van der Waals surface area contributed by atoms with Crippen molar-refractivity contribution in [3.8, 4) is 0 Å². The maximum absolute atomic E-state index is 6.10. The minimum atomic E-state index is 0.358. The van der Waals surface area contributed by atoms with E-state index in [0.717, 1.165) is 13.2 Å². The predicted octanol–water partition coefficient (Wildman–Crippen LogP) is 0.833. The van der Waals surface area contributed by atoms with Gasteiger partial charge in [0.05, 0.1) is 13.2 Å². The summed E-state index contributed by atoms with van der Waals surface area (Å²) in [5, 5.41) is 0. The molecule has 0 aromatic rings. The summed E-state index contributed by atoms with van der Waals surface area (Å²) < 4.78 is 5.52. The Kier molecular flexibility index (Phi) is 3.10. The summed E-state index contributed by atoms with van der Waals surface area (Å²) in [4.78, 5) is 2.56. The first-order valence-electron chi connectivity index (χ1n) is 5.79. The number of ether oxygens (including phenoxy) is 1. The third-order valence-electron chi connectivity index (χ3n) is 3.85. The van der Waals surface area contributed by atoms with Gasteiger partial charge in [0.25, 0.3) is 0 Å². The molecule has 0 aliphatic carbocycles. The normalized spacial score (nSPS) is 45.6. The molecule has 0 radical (unpaired) electrons. The third kappa shape index (κ3) is 1.81. The molecule has 2 rings (SSSR count). The zero-order valence-electron chi connectivity index (χ0n) is 9.28. The highest BCUT2D eigenvalue weighted by atomic mass is 16.5. The van der Waals surface area contributed by atoms with Gasteiger partial charge in [-0.2, -0.15) is 0 Å². The van der Waals surface area contributed by atoms with Crippen LogP contribution in [0.15, 0.2) is 0 Å².